The van der Waals surface area contributed by atoms with E-state index in [2.05, 4.69) is 37.7 Å². The Labute approximate surface area is 127 Å². The lowest BCUT2D eigenvalue weighted by Gasteiger charge is -2.27. The normalized spacial score (nSPS) is 23.7. The molecule has 0 amide bonds. The van der Waals surface area contributed by atoms with Gasteiger partial charge >= 0.3 is 0 Å². The van der Waals surface area contributed by atoms with Crippen molar-refractivity contribution >= 4 is 11.6 Å². The monoisotopic (exact) mass is 296 g/mol. The molecule has 112 valence electrons. The van der Waals surface area contributed by atoms with Crippen molar-refractivity contribution in [3.8, 4) is 5.88 Å². The van der Waals surface area contributed by atoms with Crippen LogP contribution in [-0.4, -0.2) is 16.1 Å². The highest BCUT2D eigenvalue weighted by molar-refractivity contribution is 6.30. The molecule has 1 aromatic rings. The Morgan fingerprint density at radius 2 is 1.70 bits per heavy atom. The Bertz CT molecular complexity index is 474. The number of nitrogens with zero attached hydrogens (tertiary/aromatic N) is 2. The Morgan fingerprint density at radius 3 is 2.25 bits per heavy atom. The smallest absolute Gasteiger partial charge is 0.221 e. The highest BCUT2D eigenvalue weighted by atomic mass is 35.5. The third kappa shape index (κ3) is 3.63. The fourth-order valence-electron chi connectivity index (χ4n) is 2.43. The molecule has 1 fully saturated rings. The summed E-state index contributed by atoms with van der Waals surface area (Å²) in [5, 5.41) is 0.504. The molecular formula is C16H25ClN2O. The van der Waals surface area contributed by atoms with Crippen molar-refractivity contribution in [2.24, 2.45) is 5.92 Å². The maximum Gasteiger partial charge on any atom is 0.221 e. The number of halogens is 1. The minimum absolute atomic E-state index is 0.128. The SMILES string of the molecule is Cc1c(Cl)nc(C(C)(C)C)nc1OC1CCC(C)CC1. The van der Waals surface area contributed by atoms with E-state index in [4.69, 9.17) is 16.3 Å². The molecule has 3 nitrogen and oxygen atoms in total. The molecular weight excluding hydrogens is 272 g/mol. The molecule has 1 heterocycles. The van der Waals surface area contributed by atoms with Crippen molar-refractivity contribution in [1.82, 2.24) is 9.97 Å². The van der Waals surface area contributed by atoms with E-state index < -0.39 is 0 Å². The molecule has 0 radical (unpaired) electrons. The van der Waals surface area contributed by atoms with E-state index in [1.54, 1.807) is 0 Å². The van der Waals surface area contributed by atoms with Crippen LogP contribution < -0.4 is 4.74 Å². The van der Waals surface area contributed by atoms with Crippen LogP contribution in [0.2, 0.25) is 5.15 Å². The maximum atomic E-state index is 6.23. The minimum atomic E-state index is -0.128. The summed E-state index contributed by atoms with van der Waals surface area (Å²) >= 11 is 6.23. The van der Waals surface area contributed by atoms with Crippen LogP contribution in [0, 0.1) is 12.8 Å². The Hall–Kier alpha value is -0.830. The van der Waals surface area contributed by atoms with Crippen LogP contribution in [0.25, 0.3) is 0 Å². The largest absolute Gasteiger partial charge is 0.474 e. The average molecular weight is 297 g/mol. The van der Waals surface area contributed by atoms with Gasteiger partial charge in [-0.1, -0.05) is 39.3 Å². The van der Waals surface area contributed by atoms with Crippen LogP contribution in [0.4, 0.5) is 0 Å². The Morgan fingerprint density at radius 1 is 1.10 bits per heavy atom. The second-order valence-electron chi connectivity index (χ2n) is 7.02. The predicted octanol–water partition coefficient (Wildman–Crippen LogP) is 4.69. The molecule has 4 heteroatoms. The van der Waals surface area contributed by atoms with Crippen LogP contribution in [0.15, 0.2) is 0 Å². The van der Waals surface area contributed by atoms with E-state index in [9.17, 15) is 0 Å². The zero-order valence-electron chi connectivity index (χ0n) is 13.2. The zero-order chi connectivity index (χ0) is 14.9. The van der Waals surface area contributed by atoms with Gasteiger partial charge in [-0.25, -0.2) is 4.98 Å². The molecule has 0 unspecified atom stereocenters. The van der Waals surface area contributed by atoms with Crippen LogP contribution in [-0.2, 0) is 5.41 Å². The molecule has 2 rings (SSSR count). The lowest BCUT2D eigenvalue weighted by atomic mass is 9.89. The maximum absolute atomic E-state index is 6.23. The summed E-state index contributed by atoms with van der Waals surface area (Å²) in [7, 11) is 0. The second-order valence-corrected chi connectivity index (χ2v) is 7.38. The van der Waals surface area contributed by atoms with Crippen LogP contribution >= 0.6 is 11.6 Å². The minimum Gasteiger partial charge on any atom is -0.474 e. The Balaban J connectivity index is 2.20. The summed E-state index contributed by atoms with van der Waals surface area (Å²) in [6.45, 7) is 10.5. The average Bonchev–Trinajstić information content (AvgIpc) is 2.36. The van der Waals surface area contributed by atoms with E-state index in [0.29, 0.717) is 11.0 Å². The second kappa shape index (κ2) is 5.88. The summed E-state index contributed by atoms with van der Waals surface area (Å²) in [5.41, 5.74) is 0.717. The van der Waals surface area contributed by atoms with E-state index in [-0.39, 0.29) is 11.5 Å². The first-order valence-corrected chi connectivity index (χ1v) is 7.86. The number of hydrogen-bond donors (Lipinski definition) is 0. The number of hydrogen-bond acceptors (Lipinski definition) is 3. The lowest BCUT2D eigenvalue weighted by molar-refractivity contribution is 0.128. The molecule has 0 aromatic carbocycles. The number of rotatable bonds is 2. The fraction of sp³-hybridized carbons (Fsp3) is 0.750. The predicted molar refractivity (Wildman–Crippen MR) is 82.5 cm³/mol. The highest BCUT2D eigenvalue weighted by Crippen LogP contribution is 2.31. The first-order valence-electron chi connectivity index (χ1n) is 7.48. The van der Waals surface area contributed by atoms with E-state index >= 15 is 0 Å². The fourth-order valence-corrected chi connectivity index (χ4v) is 2.59. The lowest BCUT2D eigenvalue weighted by Crippen LogP contribution is -2.25. The summed E-state index contributed by atoms with van der Waals surface area (Å²) in [6.07, 6.45) is 4.94. The molecule has 1 aliphatic rings. The molecule has 0 saturated heterocycles. The van der Waals surface area contributed by atoms with Crippen molar-refractivity contribution in [3.63, 3.8) is 0 Å². The van der Waals surface area contributed by atoms with Gasteiger partial charge in [0.25, 0.3) is 0 Å². The third-order valence-corrected chi connectivity index (χ3v) is 4.32. The van der Waals surface area contributed by atoms with Crippen LogP contribution in [0.1, 0.15) is 64.8 Å². The van der Waals surface area contributed by atoms with Crippen molar-refractivity contribution in [1.29, 1.82) is 0 Å². The standard InChI is InChI=1S/C16H25ClN2O/c1-10-6-8-12(9-7-10)20-14-11(2)13(17)18-15(19-14)16(3,4)5/h10,12H,6-9H2,1-5H3. The van der Waals surface area contributed by atoms with E-state index in [1.165, 1.54) is 12.8 Å². The quantitative estimate of drug-likeness (QED) is 0.742. The van der Waals surface area contributed by atoms with Gasteiger partial charge < -0.3 is 4.74 Å². The molecule has 0 N–H and O–H groups in total. The molecule has 1 aromatic heterocycles. The summed E-state index contributed by atoms with van der Waals surface area (Å²) in [5.74, 6) is 2.22. The molecule has 1 aliphatic carbocycles. The molecule has 0 bridgehead atoms. The van der Waals surface area contributed by atoms with Gasteiger partial charge in [0.05, 0.1) is 0 Å². The van der Waals surface area contributed by atoms with Gasteiger partial charge in [0.15, 0.2) is 0 Å². The summed E-state index contributed by atoms with van der Waals surface area (Å²) in [4.78, 5) is 8.98. The molecule has 0 aliphatic heterocycles. The van der Waals surface area contributed by atoms with Crippen LogP contribution in [0.5, 0.6) is 5.88 Å². The van der Waals surface area contributed by atoms with Crippen molar-refractivity contribution < 1.29 is 4.74 Å². The van der Waals surface area contributed by atoms with Gasteiger partial charge in [0, 0.05) is 11.0 Å². The first-order chi connectivity index (χ1) is 9.27. The van der Waals surface area contributed by atoms with Crippen molar-refractivity contribution in [2.75, 3.05) is 0 Å². The van der Waals surface area contributed by atoms with Gasteiger partial charge in [-0.2, -0.15) is 4.98 Å². The van der Waals surface area contributed by atoms with Crippen molar-refractivity contribution in [3.05, 3.63) is 16.5 Å². The number of aromatic nitrogens is 2. The van der Waals surface area contributed by atoms with Gasteiger partial charge in [0.1, 0.15) is 17.1 Å². The Kier molecular flexibility index (Phi) is 4.58. The first kappa shape index (κ1) is 15.6. The van der Waals surface area contributed by atoms with Gasteiger partial charge in [-0.3, -0.25) is 0 Å². The molecule has 20 heavy (non-hydrogen) atoms. The highest BCUT2D eigenvalue weighted by Gasteiger charge is 2.24. The summed E-state index contributed by atoms with van der Waals surface area (Å²) < 4.78 is 6.12. The van der Waals surface area contributed by atoms with E-state index in [1.807, 2.05) is 6.92 Å². The zero-order valence-corrected chi connectivity index (χ0v) is 13.9. The third-order valence-electron chi connectivity index (χ3n) is 3.95. The topological polar surface area (TPSA) is 35.0 Å². The van der Waals surface area contributed by atoms with Gasteiger partial charge in [-0.15, -0.1) is 0 Å². The molecule has 1 saturated carbocycles. The van der Waals surface area contributed by atoms with Crippen molar-refractivity contribution in [2.45, 2.75) is 71.8 Å². The van der Waals surface area contributed by atoms with Gasteiger partial charge in [0.2, 0.25) is 5.88 Å². The van der Waals surface area contributed by atoms with E-state index in [0.717, 1.165) is 30.1 Å². The number of ether oxygens (including phenoxy) is 1. The molecule has 0 spiro atoms. The van der Waals surface area contributed by atoms with Crippen LogP contribution in [0.3, 0.4) is 0 Å². The summed E-state index contributed by atoms with van der Waals surface area (Å²) in [6, 6.07) is 0. The van der Waals surface area contributed by atoms with Gasteiger partial charge in [-0.05, 0) is 38.5 Å². The molecule has 0 atom stereocenters.